The van der Waals surface area contributed by atoms with Gasteiger partial charge in [0.1, 0.15) is 12.2 Å². The highest BCUT2D eigenvalue weighted by Gasteiger charge is 2.51. The van der Waals surface area contributed by atoms with Crippen molar-refractivity contribution in [1.82, 2.24) is 10.2 Å². The van der Waals surface area contributed by atoms with Crippen molar-refractivity contribution in [2.24, 2.45) is 0 Å². The second-order valence-electron chi connectivity index (χ2n) is 8.84. The molecule has 0 spiro atoms. The van der Waals surface area contributed by atoms with Crippen LogP contribution in [0.2, 0.25) is 0 Å². The van der Waals surface area contributed by atoms with Crippen molar-refractivity contribution in [2.75, 3.05) is 40.0 Å². The van der Waals surface area contributed by atoms with Crippen molar-refractivity contribution < 1.29 is 43.9 Å². The van der Waals surface area contributed by atoms with Crippen molar-refractivity contribution in [2.45, 2.75) is 57.5 Å². The van der Waals surface area contributed by atoms with E-state index in [1.165, 1.54) is 18.1 Å². The number of hydrogen-bond acceptors (Lipinski definition) is 9. The fourth-order valence-electron chi connectivity index (χ4n) is 4.80. The molecule has 4 atom stereocenters. The zero-order chi connectivity index (χ0) is 27.1. The number of benzene rings is 1. The number of Topliss-reactive ketones (excluding diaryl/α,β-unsaturated/α-hetero) is 1. The number of carbonyl (C=O) groups excluding carboxylic acids is 3. The van der Waals surface area contributed by atoms with Gasteiger partial charge >= 0.3 is 0 Å². The molecule has 2 aliphatic rings. The predicted octanol–water partition coefficient (Wildman–Crippen LogP) is 0.0444. The Hall–Kier alpha value is -2.99. The van der Waals surface area contributed by atoms with E-state index in [-0.39, 0.29) is 38.3 Å². The van der Waals surface area contributed by atoms with Gasteiger partial charge in [0.25, 0.3) is 5.91 Å². The number of hydrogen-bond donors (Lipinski definition) is 4. The third-order valence-electron chi connectivity index (χ3n) is 6.57. The van der Waals surface area contributed by atoms with Gasteiger partial charge in [0.2, 0.25) is 11.7 Å². The van der Waals surface area contributed by atoms with Gasteiger partial charge in [-0.2, -0.15) is 0 Å². The molecule has 3 rings (SSSR count). The second-order valence-corrected chi connectivity index (χ2v) is 8.84. The van der Waals surface area contributed by atoms with E-state index in [1.54, 1.807) is 19.1 Å². The highest BCUT2D eigenvalue weighted by molar-refractivity contribution is 6.36. The summed E-state index contributed by atoms with van der Waals surface area (Å²) in [6, 6.07) is 2.27. The van der Waals surface area contributed by atoms with Crippen LogP contribution in [0.4, 0.5) is 0 Å². The number of rotatable bonds is 13. The van der Waals surface area contributed by atoms with Crippen LogP contribution in [0, 0.1) is 0 Å². The van der Waals surface area contributed by atoms with E-state index >= 15 is 0 Å². The molecule has 1 aromatic carbocycles. The van der Waals surface area contributed by atoms with Crippen LogP contribution in [0.5, 0.6) is 11.5 Å². The lowest BCUT2D eigenvalue weighted by Gasteiger charge is -2.40. The standard InChI is InChI=1S/C26H36N2O9/c1-4-19(31)26(34)28(8-6-10-36-5-2)18-13-17(25(33)27-7-9-29)21-16-11-15(14-30)12-20(35-3)23(16)37-24(21)22(18)32/h11-13,18,21-22,24,29-30,32H,4-10,14H2,1-3H3,(H,27,33)/t18-,21+,22+,24+/m1/s1. The molecule has 0 aromatic heterocycles. The molecule has 1 aromatic rings. The van der Waals surface area contributed by atoms with Crippen LogP contribution in [0.3, 0.4) is 0 Å². The summed E-state index contributed by atoms with van der Waals surface area (Å²) in [7, 11) is 1.45. The molecule has 37 heavy (non-hydrogen) atoms. The molecule has 11 heteroatoms. The first kappa shape index (κ1) is 28.6. The second kappa shape index (κ2) is 13.0. The minimum atomic E-state index is -1.28. The summed E-state index contributed by atoms with van der Waals surface area (Å²) >= 11 is 0. The highest BCUT2D eigenvalue weighted by atomic mass is 16.5. The van der Waals surface area contributed by atoms with Crippen molar-refractivity contribution in [3.05, 3.63) is 34.9 Å². The van der Waals surface area contributed by atoms with E-state index < -0.39 is 41.8 Å². The number of ketones is 1. The number of aliphatic hydroxyl groups excluding tert-OH is 3. The van der Waals surface area contributed by atoms with Gasteiger partial charge in [-0.3, -0.25) is 14.4 Å². The predicted molar refractivity (Wildman–Crippen MR) is 132 cm³/mol. The zero-order valence-corrected chi connectivity index (χ0v) is 21.4. The molecule has 1 heterocycles. The fourth-order valence-corrected chi connectivity index (χ4v) is 4.80. The van der Waals surface area contributed by atoms with Gasteiger partial charge in [0.05, 0.1) is 32.3 Å². The first-order valence-corrected chi connectivity index (χ1v) is 12.5. The Morgan fingerprint density at radius 3 is 2.57 bits per heavy atom. The molecule has 0 fully saturated rings. The Kier molecular flexibility index (Phi) is 10.0. The smallest absolute Gasteiger partial charge is 0.290 e. The first-order valence-electron chi connectivity index (χ1n) is 12.5. The minimum absolute atomic E-state index is 0.000181. The van der Waals surface area contributed by atoms with Gasteiger partial charge in [0.15, 0.2) is 11.5 Å². The first-order chi connectivity index (χ1) is 17.8. The molecule has 4 N–H and O–H groups in total. The Morgan fingerprint density at radius 1 is 1.19 bits per heavy atom. The molecule has 0 radical (unpaired) electrons. The molecule has 1 aliphatic heterocycles. The molecule has 0 bridgehead atoms. The number of fused-ring (bicyclic) bond motifs is 3. The molecule has 204 valence electrons. The zero-order valence-electron chi connectivity index (χ0n) is 21.4. The van der Waals surface area contributed by atoms with Gasteiger partial charge in [-0.05, 0) is 37.1 Å². The van der Waals surface area contributed by atoms with Crippen LogP contribution < -0.4 is 14.8 Å². The SMILES string of the molecule is CCOCCCN(C(=O)C(=O)CC)[C@@H]1C=C(C(=O)NCCO)[C@@H]2c3cc(CO)cc(OC)c3O[C@@H]2[C@H]1O. The van der Waals surface area contributed by atoms with E-state index in [4.69, 9.17) is 14.2 Å². The van der Waals surface area contributed by atoms with E-state index in [0.29, 0.717) is 42.3 Å². The summed E-state index contributed by atoms with van der Waals surface area (Å²) in [6.45, 7) is 3.85. The summed E-state index contributed by atoms with van der Waals surface area (Å²) in [5.41, 5.74) is 1.30. The van der Waals surface area contributed by atoms with Crippen LogP contribution in [0.1, 0.15) is 43.7 Å². The van der Waals surface area contributed by atoms with E-state index in [9.17, 15) is 29.7 Å². The van der Waals surface area contributed by atoms with Crippen molar-refractivity contribution >= 4 is 17.6 Å². The maximum atomic E-state index is 13.3. The third-order valence-corrected chi connectivity index (χ3v) is 6.57. The average molecular weight is 521 g/mol. The Balaban J connectivity index is 2.09. The maximum Gasteiger partial charge on any atom is 0.290 e. The van der Waals surface area contributed by atoms with Crippen LogP contribution >= 0.6 is 0 Å². The summed E-state index contributed by atoms with van der Waals surface area (Å²) < 4.78 is 17.0. The topological polar surface area (TPSA) is 155 Å². The molecule has 1 aliphatic carbocycles. The number of nitrogens with one attached hydrogen (secondary N) is 1. The Labute approximate surface area is 216 Å². The van der Waals surface area contributed by atoms with Crippen LogP contribution in [-0.4, -0.2) is 96.1 Å². The van der Waals surface area contributed by atoms with Gasteiger partial charge < -0.3 is 39.7 Å². The molecule has 2 amide bonds. The molecular weight excluding hydrogens is 484 g/mol. The Bertz CT molecular complexity index is 1030. The van der Waals surface area contributed by atoms with Gasteiger partial charge in [-0.25, -0.2) is 0 Å². The average Bonchev–Trinajstić information content (AvgIpc) is 3.31. The molecule has 11 nitrogen and oxygen atoms in total. The third kappa shape index (κ3) is 5.96. The fraction of sp³-hybridized carbons (Fsp3) is 0.577. The van der Waals surface area contributed by atoms with Crippen molar-refractivity contribution in [3.8, 4) is 11.5 Å². The van der Waals surface area contributed by atoms with Crippen LogP contribution in [0.25, 0.3) is 0 Å². The number of nitrogens with zero attached hydrogens (tertiary/aromatic N) is 1. The lowest BCUT2D eigenvalue weighted by atomic mass is 9.77. The van der Waals surface area contributed by atoms with Crippen LogP contribution in [0.15, 0.2) is 23.8 Å². The number of carbonyl (C=O) groups is 3. The quantitative estimate of drug-likeness (QED) is 0.208. The summed E-state index contributed by atoms with van der Waals surface area (Å²) in [5, 5.41) is 33.1. The summed E-state index contributed by atoms with van der Waals surface area (Å²) in [5.74, 6) is -1.95. The largest absolute Gasteiger partial charge is 0.493 e. The highest BCUT2D eigenvalue weighted by Crippen LogP contribution is 2.51. The summed E-state index contributed by atoms with van der Waals surface area (Å²) in [4.78, 5) is 40.0. The number of amides is 2. The maximum absolute atomic E-state index is 13.3. The van der Waals surface area contributed by atoms with Gasteiger partial charge in [-0.15, -0.1) is 0 Å². The van der Waals surface area contributed by atoms with Crippen LogP contribution in [-0.2, 0) is 25.7 Å². The van der Waals surface area contributed by atoms with Gasteiger partial charge in [-0.1, -0.05) is 6.92 Å². The minimum Gasteiger partial charge on any atom is -0.493 e. The Morgan fingerprint density at radius 2 is 1.95 bits per heavy atom. The number of aliphatic hydroxyl groups is 3. The lowest BCUT2D eigenvalue weighted by Crippen LogP contribution is -2.57. The van der Waals surface area contributed by atoms with Gasteiger partial charge in [0, 0.05) is 43.9 Å². The van der Waals surface area contributed by atoms with Crippen molar-refractivity contribution in [3.63, 3.8) is 0 Å². The van der Waals surface area contributed by atoms with E-state index in [0.717, 1.165) is 0 Å². The lowest BCUT2D eigenvalue weighted by molar-refractivity contribution is -0.148. The normalized spacial score (nSPS) is 21.8. The van der Waals surface area contributed by atoms with E-state index in [1.807, 2.05) is 6.92 Å². The monoisotopic (exact) mass is 520 g/mol. The summed E-state index contributed by atoms with van der Waals surface area (Å²) in [6.07, 6.45) is -0.345. The molecular formula is C26H36N2O9. The van der Waals surface area contributed by atoms with E-state index in [2.05, 4.69) is 5.32 Å². The molecule has 0 saturated carbocycles. The molecule has 0 saturated heterocycles. The number of ether oxygens (including phenoxy) is 3. The number of methoxy groups -OCH3 is 1. The van der Waals surface area contributed by atoms with Crippen molar-refractivity contribution in [1.29, 1.82) is 0 Å². The molecule has 0 unspecified atom stereocenters.